The number of carboxylic acid groups (broad SMARTS) is 1. The number of nitrogen functional groups attached to an aromatic ring is 1. The zero-order valence-electron chi connectivity index (χ0n) is 74.8. The first-order valence-corrected chi connectivity index (χ1v) is 43.6. The van der Waals surface area contributed by atoms with Gasteiger partial charge in [-0.15, -0.1) is 11.6 Å². The van der Waals surface area contributed by atoms with E-state index in [2.05, 4.69) is 86.1 Å². The maximum Gasteiger partial charge on any atom is 0.324 e. The minimum Gasteiger partial charge on any atom is -0.480 e. The zero-order valence-corrected chi connectivity index (χ0v) is 76.3. The number of carbonyl (C=O) groups excluding carboxylic acids is 6. The first-order valence-electron chi connectivity index (χ1n) is 42.7. The second-order valence-electron chi connectivity index (χ2n) is 33.6. The summed E-state index contributed by atoms with van der Waals surface area (Å²) in [6, 6.07) is 18.5. The van der Waals surface area contributed by atoms with E-state index >= 15 is 0 Å². The van der Waals surface area contributed by atoms with Crippen molar-refractivity contribution in [2.75, 3.05) is 128 Å². The van der Waals surface area contributed by atoms with Gasteiger partial charge in [0, 0.05) is 66.9 Å². The molecule has 5 aromatic heterocycles. The fourth-order valence-electron chi connectivity index (χ4n) is 15.8. The minimum absolute atomic E-state index is 0.00772. The number of anilines is 1. The third-order valence-electron chi connectivity index (χ3n) is 22.3. The van der Waals surface area contributed by atoms with Gasteiger partial charge in [0.2, 0.25) is 36.7 Å². The van der Waals surface area contributed by atoms with E-state index in [-0.39, 0.29) is 59.8 Å². The van der Waals surface area contributed by atoms with Crippen LogP contribution in [0.25, 0.3) is 11.9 Å². The van der Waals surface area contributed by atoms with Crippen LogP contribution in [0.5, 0.6) is 23.0 Å². The number of Topliss-reactive ketones (excluding diaryl/α,β-unsaturated/α-hetero) is 4. The summed E-state index contributed by atoms with van der Waals surface area (Å²) in [5.41, 5.74) is 13.4. The topological polar surface area (TPSA) is 380 Å². The lowest BCUT2D eigenvalue weighted by molar-refractivity contribution is -0.164. The third kappa shape index (κ3) is 31.3. The molecule has 7 aromatic rings. The molecule has 5 N–H and O–H groups in total. The second kappa shape index (κ2) is 49.5. The number of carboxylic acids is 1. The van der Waals surface area contributed by atoms with E-state index in [9.17, 15) is 33.6 Å². The van der Waals surface area contributed by atoms with E-state index < -0.39 is 29.2 Å². The lowest BCUT2D eigenvalue weighted by Gasteiger charge is -2.25. The number of ketones is 4. The summed E-state index contributed by atoms with van der Waals surface area (Å²) in [7, 11) is 13.8. The number of fused-ring (bicyclic) bond motifs is 2. The number of aryl methyl sites for hydroxylation is 3. The molecule has 678 valence electrons. The Morgan fingerprint density at radius 2 is 1.02 bits per heavy atom. The number of benzene rings is 2. The number of carbonyl (C=O) groups is 7. The number of ether oxygens (including phenoxy) is 5. The van der Waals surface area contributed by atoms with Gasteiger partial charge in [0.1, 0.15) is 30.1 Å². The molecule has 0 spiro atoms. The number of nitrogens with zero attached hydrogens (tertiary/aromatic N) is 17. The van der Waals surface area contributed by atoms with E-state index in [1.54, 1.807) is 45.8 Å². The minimum atomic E-state index is -1.29. The van der Waals surface area contributed by atoms with Crippen molar-refractivity contribution < 1.29 is 67.5 Å². The van der Waals surface area contributed by atoms with Gasteiger partial charge in [-0.2, -0.15) is 0 Å². The molecule has 9 aliphatic rings. The molecular weight excluding hydrogens is 1630 g/mol. The van der Waals surface area contributed by atoms with E-state index in [0.717, 1.165) is 172 Å². The van der Waals surface area contributed by atoms with Gasteiger partial charge in [-0.3, -0.25) is 77.0 Å². The lowest BCUT2D eigenvalue weighted by Crippen LogP contribution is -2.44. The standard InChI is InChI=1S/C14H23NO4.C13H17N5.C12H15N5.C11H15NO3.C10H16N4.C9H15NO2.C8H7ClO2.C6H10ClNO.C6H11NO2/c1-9(16)11(13(18)19-14(2,3)4)12(17)10-7-6-8-15(10)5;1-10-8-11(12-4-3-6-17(12)2)16-13(15-10)18-7-5-14-9-18;1-9-7-11(10-3-2-4-14-10)16-12(15-9)17-6-5-13-8-17;1-12(4-5-13)7-9-2-3-10-11(6-9)15-8-14-10;1-7-6-8(13-10(11)12-7)9-4-3-5-14(9)2;1-7(11)6-9(12)8-4-3-5-10(8)2;9-4-6-1-2-7-8(3-6)11-5-10-7;1-8-4-2-3-5(8)6(7)9;1-7-4-2-3-5(7)6(8)9/h10-11H,6-8H2,1-5H3;5,7-9,12H,3-4,6H2,1-2H3;5-8,10,14H,2-4H2,1H3;2-3,6,13H,4-5,7-8H2,1H3;6,9H,3-5H2,1-2H3,(H2,11,12,13);8H,3-6H2,1-2H3;1-3H,4-5H2;5H,2-4H2,1H3;5H,2-4H2,1H3,(H,8,9). The van der Waals surface area contributed by atoms with Crippen LogP contribution < -0.4 is 30.0 Å². The van der Waals surface area contributed by atoms with Crippen LogP contribution in [-0.4, -0.2) is 285 Å². The average molecular weight is 1760 g/mol. The quantitative estimate of drug-likeness (QED) is 0.0253. The van der Waals surface area contributed by atoms with Gasteiger partial charge in [-0.1, -0.05) is 12.1 Å². The number of aliphatic hydroxyl groups excluding tert-OH is 1. The Bertz CT molecular complexity index is 4530. The van der Waals surface area contributed by atoms with Gasteiger partial charge in [0.15, 0.2) is 46.3 Å². The highest BCUT2D eigenvalue weighted by Crippen LogP contribution is 2.36. The Labute approximate surface area is 739 Å². The summed E-state index contributed by atoms with van der Waals surface area (Å²) in [4.78, 5) is 128. The number of nitrogens with two attached hydrogens (primary N) is 1. The normalized spacial score (nSPS) is 21.0. The van der Waals surface area contributed by atoms with Crippen LogP contribution in [0.3, 0.4) is 0 Å². The Morgan fingerprint density at radius 1 is 0.573 bits per heavy atom. The highest BCUT2D eigenvalue weighted by atomic mass is 35.5. The molecule has 8 unspecified atom stereocenters. The molecule has 9 aliphatic heterocycles. The van der Waals surface area contributed by atoms with E-state index in [0.29, 0.717) is 68.4 Å². The molecule has 0 saturated carbocycles. The number of aromatic nitrogens is 10. The predicted molar refractivity (Wildman–Crippen MR) is 473 cm³/mol. The molecule has 2 aromatic carbocycles. The number of likely N-dealkylation sites (N-methyl/N-ethyl adjacent to an activating group) is 5. The van der Waals surface area contributed by atoms with Crippen molar-refractivity contribution in [3.05, 3.63) is 137 Å². The molecule has 8 atom stereocenters. The molecule has 0 bridgehead atoms. The van der Waals surface area contributed by atoms with Gasteiger partial charge in [-0.25, -0.2) is 39.9 Å². The number of aliphatic carboxylic acids is 1. The Hall–Kier alpha value is -9.39. The molecule has 0 amide bonds. The summed E-state index contributed by atoms with van der Waals surface area (Å²) in [6.07, 6.45) is 25.4. The summed E-state index contributed by atoms with van der Waals surface area (Å²) in [5.74, 6) is 2.11. The molecule has 0 radical (unpaired) electrons. The van der Waals surface area contributed by atoms with Crippen LogP contribution in [-0.2, 0) is 50.7 Å². The van der Waals surface area contributed by atoms with Crippen LogP contribution in [0.1, 0.15) is 194 Å². The molecule has 35 heteroatoms. The summed E-state index contributed by atoms with van der Waals surface area (Å²) < 4.78 is 29.7. The van der Waals surface area contributed by atoms with Crippen molar-refractivity contribution in [2.45, 2.75) is 212 Å². The van der Waals surface area contributed by atoms with Crippen molar-refractivity contribution in [3.63, 3.8) is 0 Å². The fraction of sp³-hybridized carbons (Fsp3) is 0.584. The number of likely N-dealkylation sites (tertiary alicyclic amines) is 6. The van der Waals surface area contributed by atoms with Gasteiger partial charge >= 0.3 is 11.9 Å². The van der Waals surface area contributed by atoms with Gasteiger partial charge in [-0.05, 0) is 306 Å². The van der Waals surface area contributed by atoms with Crippen molar-refractivity contribution in [2.24, 2.45) is 5.92 Å². The number of alkyl halides is 1. The van der Waals surface area contributed by atoms with Crippen molar-refractivity contribution in [3.8, 4) is 34.9 Å². The number of rotatable bonds is 19. The zero-order chi connectivity index (χ0) is 90.3. The van der Waals surface area contributed by atoms with Crippen molar-refractivity contribution >= 4 is 69.5 Å². The highest BCUT2D eigenvalue weighted by molar-refractivity contribution is 6.64. The van der Waals surface area contributed by atoms with E-state index in [4.69, 9.17) is 62.8 Å². The SMILES string of the molecule is CC(=O)C(C(=O)OC(C)(C)C)C(=O)C1CCCN1C.CC(=O)CC(=O)C1CCCN1C.CN(CCO)Cc1ccc2c(c1)OCO2.CN1CCCC1C(=O)Cl.CN1CCCC1C(=O)O.Cc1cc(C2CCCN2)nc(-n2ccnc2)n1.Cc1cc(C2CCCN2C)nc(-n2ccnc2)n1.Cc1cc(C2CCCN2C)nc(N)n1.ClCc1ccc2c(c1)OCO2. The number of halogens is 2. The van der Waals surface area contributed by atoms with E-state index in [1.807, 2.05) is 140 Å². The lowest BCUT2D eigenvalue weighted by atomic mass is 9.93. The summed E-state index contributed by atoms with van der Waals surface area (Å²) in [6.45, 7) is 23.2. The molecule has 0 aliphatic carbocycles. The van der Waals surface area contributed by atoms with Crippen LogP contribution in [0.4, 0.5) is 5.95 Å². The summed E-state index contributed by atoms with van der Waals surface area (Å²) in [5, 5.41) is 20.6. The van der Waals surface area contributed by atoms with Crippen molar-refractivity contribution in [1.29, 1.82) is 0 Å². The Kier molecular flexibility index (Phi) is 39.9. The molecule has 16 rings (SSSR count). The highest BCUT2D eigenvalue weighted by Gasteiger charge is 2.42. The Morgan fingerprint density at radius 3 is 1.43 bits per heavy atom. The first-order chi connectivity index (χ1) is 59.1. The number of nitrogens with one attached hydrogen (secondary N) is 1. The number of esters is 1. The smallest absolute Gasteiger partial charge is 0.324 e. The van der Waals surface area contributed by atoms with E-state index in [1.165, 1.54) is 46.0 Å². The van der Waals surface area contributed by atoms with Gasteiger partial charge < -0.3 is 44.9 Å². The maximum atomic E-state index is 12.4. The number of aliphatic hydroxyl groups is 1. The number of imidazole rings is 2. The molecule has 124 heavy (non-hydrogen) atoms. The largest absolute Gasteiger partial charge is 0.480 e. The van der Waals surface area contributed by atoms with Crippen molar-refractivity contribution in [1.82, 2.24) is 88.6 Å². The molecular formula is C89H129Cl2N19O14. The monoisotopic (exact) mass is 1760 g/mol. The van der Waals surface area contributed by atoms with Gasteiger partial charge in [0.05, 0.1) is 60.3 Å². The summed E-state index contributed by atoms with van der Waals surface area (Å²) >= 11 is 10.9. The molecule has 7 saturated heterocycles. The molecule has 7 fully saturated rings. The van der Waals surface area contributed by atoms with Crippen LogP contribution in [0, 0.1) is 26.7 Å². The number of hydrogen-bond donors (Lipinski definition) is 4. The molecule has 14 heterocycles. The van der Waals surface area contributed by atoms with Crippen LogP contribution >= 0.6 is 23.2 Å². The fourth-order valence-corrected chi connectivity index (χ4v) is 16.3. The average Bonchev–Trinajstić information content (AvgIpc) is 1.54. The Balaban J connectivity index is 0.000000175. The number of hydrogen-bond acceptors (Lipinski definition) is 30. The second-order valence-corrected chi connectivity index (χ2v) is 34.3. The maximum absolute atomic E-state index is 12.4. The van der Waals surface area contributed by atoms with Crippen LogP contribution in [0.2, 0.25) is 0 Å². The predicted octanol–water partition coefficient (Wildman–Crippen LogP) is 10.1. The first kappa shape index (κ1) is 100. The molecule has 33 nitrogen and oxygen atoms in total. The third-order valence-corrected chi connectivity index (χ3v) is 22.8. The van der Waals surface area contributed by atoms with Crippen LogP contribution in [0.15, 0.2) is 92.0 Å². The van der Waals surface area contributed by atoms with Gasteiger partial charge in [0.25, 0.3) is 0 Å².